The smallest absolute Gasteiger partial charge is 0.225 e. The molecule has 0 bridgehead atoms. The molecule has 0 aromatic carbocycles. The van der Waals surface area contributed by atoms with Crippen molar-refractivity contribution in [3.63, 3.8) is 0 Å². The lowest BCUT2D eigenvalue weighted by Gasteiger charge is -2.42. The SMILES string of the molecule is CCS(=O)(=O)N1CCC[C@]2(COCCN(c3ncc(F)cn3)C2)C1. The molecule has 2 saturated heterocycles. The van der Waals surface area contributed by atoms with Crippen LogP contribution in [0, 0.1) is 11.2 Å². The van der Waals surface area contributed by atoms with Gasteiger partial charge in [-0.05, 0) is 19.8 Å². The van der Waals surface area contributed by atoms with Gasteiger partial charge >= 0.3 is 0 Å². The lowest BCUT2D eigenvalue weighted by Crippen LogP contribution is -2.52. The van der Waals surface area contributed by atoms with E-state index in [0.29, 0.717) is 45.3 Å². The molecule has 1 aromatic rings. The Balaban J connectivity index is 1.82. The van der Waals surface area contributed by atoms with Gasteiger partial charge in [-0.15, -0.1) is 0 Å². The second-order valence-corrected chi connectivity index (χ2v) is 8.77. The summed E-state index contributed by atoms with van der Waals surface area (Å²) in [5, 5.41) is 0. The molecule has 0 radical (unpaired) electrons. The predicted octanol–water partition coefficient (Wildman–Crippen LogP) is 0.884. The summed E-state index contributed by atoms with van der Waals surface area (Å²) in [6.07, 6.45) is 3.99. The van der Waals surface area contributed by atoms with E-state index in [-0.39, 0.29) is 11.2 Å². The largest absolute Gasteiger partial charge is 0.379 e. The molecular weight excluding hydrogens is 335 g/mol. The third-order valence-electron chi connectivity index (χ3n) is 4.71. The summed E-state index contributed by atoms with van der Waals surface area (Å²) in [6, 6.07) is 0. The summed E-state index contributed by atoms with van der Waals surface area (Å²) in [4.78, 5) is 10.1. The van der Waals surface area contributed by atoms with Crippen LogP contribution in [0.25, 0.3) is 0 Å². The first kappa shape index (κ1) is 17.5. The van der Waals surface area contributed by atoms with Gasteiger partial charge in [0.1, 0.15) is 0 Å². The minimum absolute atomic E-state index is 0.106. The summed E-state index contributed by atoms with van der Waals surface area (Å²) in [7, 11) is -3.22. The molecule has 0 unspecified atom stereocenters. The molecule has 134 valence electrons. The van der Waals surface area contributed by atoms with Crippen molar-refractivity contribution in [3.05, 3.63) is 18.2 Å². The number of nitrogens with zero attached hydrogens (tertiary/aromatic N) is 4. The fraction of sp³-hybridized carbons (Fsp3) is 0.733. The molecule has 2 aliphatic heterocycles. The van der Waals surface area contributed by atoms with E-state index in [1.807, 2.05) is 4.90 Å². The van der Waals surface area contributed by atoms with E-state index in [4.69, 9.17) is 4.74 Å². The Hall–Kier alpha value is -1.32. The third kappa shape index (κ3) is 3.68. The van der Waals surface area contributed by atoms with Crippen LogP contribution >= 0.6 is 0 Å². The molecule has 1 aromatic heterocycles. The van der Waals surface area contributed by atoms with Gasteiger partial charge in [-0.2, -0.15) is 0 Å². The van der Waals surface area contributed by atoms with Crippen molar-refractivity contribution in [1.29, 1.82) is 0 Å². The lowest BCUT2D eigenvalue weighted by molar-refractivity contribution is 0.0350. The minimum Gasteiger partial charge on any atom is -0.379 e. The molecule has 9 heteroatoms. The maximum atomic E-state index is 13.1. The van der Waals surface area contributed by atoms with Crippen molar-refractivity contribution in [2.24, 2.45) is 5.41 Å². The molecule has 1 atom stereocenters. The summed E-state index contributed by atoms with van der Waals surface area (Å²) in [5.41, 5.74) is -0.283. The zero-order valence-corrected chi connectivity index (χ0v) is 14.6. The van der Waals surface area contributed by atoms with Crippen LogP contribution in [-0.2, 0) is 14.8 Å². The Labute approximate surface area is 141 Å². The van der Waals surface area contributed by atoms with Crippen molar-refractivity contribution < 1.29 is 17.5 Å². The molecule has 0 saturated carbocycles. The number of anilines is 1. The highest BCUT2D eigenvalue weighted by molar-refractivity contribution is 7.89. The van der Waals surface area contributed by atoms with Gasteiger partial charge in [-0.25, -0.2) is 27.1 Å². The average Bonchev–Trinajstić information content (AvgIpc) is 2.78. The van der Waals surface area contributed by atoms with Crippen LogP contribution in [0.3, 0.4) is 0 Å². The first-order chi connectivity index (χ1) is 11.4. The minimum atomic E-state index is -3.22. The molecular formula is C15H23FN4O3S. The lowest BCUT2D eigenvalue weighted by atomic mass is 9.81. The Bertz CT molecular complexity index is 670. The zero-order chi connectivity index (χ0) is 17.2. The first-order valence-electron chi connectivity index (χ1n) is 8.22. The van der Waals surface area contributed by atoms with E-state index in [9.17, 15) is 12.8 Å². The highest BCUT2D eigenvalue weighted by Crippen LogP contribution is 2.34. The average molecular weight is 358 g/mol. The number of sulfonamides is 1. The summed E-state index contributed by atoms with van der Waals surface area (Å²) in [6.45, 7) is 4.91. The molecule has 3 heterocycles. The van der Waals surface area contributed by atoms with Gasteiger partial charge in [0.25, 0.3) is 0 Å². The van der Waals surface area contributed by atoms with Gasteiger partial charge in [0.2, 0.25) is 16.0 Å². The molecule has 0 aliphatic carbocycles. The van der Waals surface area contributed by atoms with E-state index in [1.54, 1.807) is 11.2 Å². The van der Waals surface area contributed by atoms with Gasteiger partial charge in [0.15, 0.2) is 5.82 Å². The number of piperidine rings is 1. The quantitative estimate of drug-likeness (QED) is 0.799. The first-order valence-corrected chi connectivity index (χ1v) is 9.83. The number of ether oxygens (including phenoxy) is 1. The fourth-order valence-electron chi connectivity index (χ4n) is 3.46. The van der Waals surface area contributed by atoms with Gasteiger partial charge in [-0.3, -0.25) is 0 Å². The summed E-state index contributed by atoms with van der Waals surface area (Å²) in [5.74, 6) is 0.0866. The molecule has 7 nitrogen and oxygen atoms in total. The number of hydrogen-bond donors (Lipinski definition) is 0. The monoisotopic (exact) mass is 358 g/mol. The number of hydrogen-bond acceptors (Lipinski definition) is 6. The third-order valence-corrected chi connectivity index (χ3v) is 6.54. The van der Waals surface area contributed by atoms with Crippen LogP contribution < -0.4 is 4.90 Å². The van der Waals surface area contributed by atoms with E-state index >= 15 is 0 Å². The van der Waals surface area contributed by atoms with Crippen LogP contribution in [-0.4, -0.2) is 67.8 Å². The van der Waals surface area contributed by atoms with E-state index in [1.165, 1.54) is 0 Å². The molecule has 2 fully saturated rings. The Morgan fingerprint density at radius 3 is 2.75 bits per heavy atom. The Morgan fingerprint density at radius 1 is 1.29 bits per heavy atom. The van der Waals surface area contributed by atoms with Crippen molar-refractivity contribution >= 4 is 16.0 Å². The molecule has 24 heavy (non-hydrogen) atoms. The summed E-state index contributed by atoms with van der Waals surface area (Å²) < 4.78 is 44.9. The molecule has 0 N–H and O–H groups in total. The fourth-order valence-corrected chi connectivity index (χ4v) is 4.70. The van der Waals surface area contributed by atoms with Crippen molar-refractivity contribution in [2.45, 2.75) is 19.8 Å². The van der Waals surface area contributed by atoms with Crippen LogP contribution in [0.5, 0.6) is 0 Å². The van der Waals surface area contributed by atoms with Crippen molar-refractivity contribution in [3.8, 4) is 0 Å². The Morgan fingerprint density at radius 2 is 2.04 bits per heavy atom. The highest BCUT2D eigenvalue weighted by atomic mass is 32.2. The molecule has 0 amide bonds. The Kier molecular flexibility index (Phi) is 5.03. The standard InChI is InChI=1S/C15H23FN4O3S/c1-2-24(21,22)20-5-3-4-15(11-20)10-19(6-7-23-12-15)14-17-8-13(16)9-18-14/h8-9H,2-7,10-12H2,1H3/t15-/m1/s1. The van der Waals surface area contributed by atoms with Gasteiger partial charge < -0.3 is 9.64 Å². The zero-order valence-electron chi connectivity index (χ0n) is 13.8. The van der Waals surface area contributed by atoms with Crippen molar-refractivity contribution in [2.75, 3.05) is 50.0 Å². The predicted molar refractivity (Wildman–Crippen MR) is 87.7 cm³/mol. The van der Waals surface area contributed by atoms with Crippen molar-refractivity contribution in [1.82, 2.24) is 14.3 Å². The van der Waals surface area contributed by atoms with Crippen LogP contribution in [0.4, 0.5) is 10.3 Å². The van der Waals surface area contributed by atoms with Gasteiger partial charge in [0, 0.05) is 31.6 Å². The maximum absolute atomic E-state index is 13.1. The van der Waals surface area contributed by atoms with E-state index in [0.717, 1.165) is 25.2 Å². The van der Waals surface area contributed by atoms with Crippen LogP contribution in [0.2, 0.25) is 0 Å². The number of rotatable bonds is 3. The van der Waals surface area contributed by atoms with E-state index in [2.05, 4.69) is 9.97 Å². The molecule has 3 rings (SSSR count). The number of aromatic nitrogens is 2. The van der Waals surface area contributed by atoms with Crippen LogP contribution in [0.1, 0.15) is 19.8 Å². The highest BCUT2D eigenvalue weighted by Gasteiger charge is 2.42. The molecule has 1 spiro atoms. The van der Waals surface area contributed by atoms with Gasteiger partial charge in [-0.1, -0.05) is 0 Å². The topological polar surface area (TPSA) is 75.6 Å². The van der Waals surface area contributed by atoms with Crippen LogP contribution in [0.15, 0.2) is 12.4 Å². The second-order valence-electron chi connectivity index (χ2n) is 6.51. The normalized spacial score (nSPS) is 26.5. The summed E-state index contributed by atoms with van der Waals surface area (Å²) >= 11 is 0. The molecule has 2 aliphatic rings. The number of halogens is 1. The van der Waals surface area contributed by atoms with Gasteiger partial charge in [0.05, 0.1) is 31.4 Å². The maximum Gasteiger partial charge on any atom is 0.225 e. The van der Waals surface area contributed by atoms with E-state index < -0.39 is 15.8 Å². The second kappa shape index (κ2) is 6.89.